The molecule has 1 aliphatic rings. The van der Waals surface area contributed by atoms with Gasteiger partial charge in [-0.3, -0.25) is 0 Å². The lowest BCUT2D eigenvalue weighted by molar-refractivity contribution is -0.104. The van der Waals surface area contributed by atoms with E-state index < -0.39 is 6.29 Å². The molecule has 0 radical (unpaired) electrons. The van der Waals surface area contributed by atoms with Crippen molar-refractivity contribution < 1.29 is 14.3 Å². The first kappa shape index (κ1) is 10.2. The first-order chi connectivity index (χ1) is 7.33. The number of carbonyl (C=O) groups excluding carboxylic acids is 1. The minimum atomic E-state index is -0.500. The first-order valence-corrected chi connectivity index (χ1v) is 5.24. The first-order valence-electron chi connectivity index (χ1n) is 5.24. The van der Waals surface area contributed by atoms with Crippen molar-refractivity contribution in [3.8, 4) is 0 Å². The number of ether oxygens (including phenoxy) is 2. The molecule has 0 aromatic heterocycles. The highest BCUT2D eigenvalue weighted by atomic mass is 16.7. The van der Waals surface area contributed by atoms with Crippen LogP contribution in [0.1, 0.15) is 42.0 Å². The predicted octanol–water partition coefficient (Wildman–Crippen LogP) is 2.67. The van der Waals surface area contributed by atoms with Crippen LogP contribution in [0.2, 0.25) is 0 Å². The Morgan fingerprint density at radius 3 is 3.00 bits per heavy atom. The largest absolute Gasteiger partial charge is 0.428 e. The molecule has 80 valence electrons. The lowest BCUT2D eigenvalue weighted by Crippen LogP contribution is -2.05. The molecule has 0 N–H and O–H groups in total. The number of fused-ring (bicyclic) bond motifs is 1. The fraction of sp³-hybridized carbons (Fsp3) is 0.417. The van der Waals surface area contributed by atoms with Gasteiger partial charge < -0.3 is 9.47 Å². The molecular weight excluding hydrogens is 192 g/mol. The molecule has 1 aromatic rings. The van der Waals surface area contributed by atoms with Gasteiger partial charge in [0.05, 0.1) is 12.2 Å². The van der Waals surface area contributed by atoms with E-state index >= 15 is 0 Å². The van der Waals surface area contributed by atoms with E-state index in [0.29, 0.717) is 12.2 Å². The Hall–Kier alpha value is -1.35. The van der Waals surface area contributed by atoms with Crippen molar-refractivity contribution in [2.45, 2.75) is 26.1 Å². The third kappa shape index (κ3) is 2.02. The van der Waals surface area contributed by atoms with Crippen molar-refractivity contribution in [3.05, 3.63) is 35.4 Å². The molecule has 1 aliphatic heterocycles. The quantitative estimate of drug-likeness (QED) is 0.561. The van der Waals surface area contributed by atoms with Crippen LogP contribution in [-0.2, 0) is 9.47 Å². The zero-order chi connectivity index (χ0) is 10.7. The molecule has 0 saturated heterocycles. The Morgan fingerprint density at radius 1 is 1.40 bits per heavy atom. The van der Waals surface area contributed by atoms with Crippen molar-refractivity contribution in [2.24, 2.45) is 0 Å². The van der Waals surface area contributed by atoms with Crippen LogP contribution in [0.4, 0.5) is 0 Å². The van der Waals surface area contributed by atoms with Crippen LogP contribution in [0.15, 0.2) is 24.3 Å². The van der Waals surface area contributed by atoms with Crippen LogP contribution in [0, 0.1) is 0 Å². The second kappa shape index (κ2) is 4.45. The average molecular weight is 206 g/mol. The lowest BCUT2D eigenvalue weighted by atomic mass is 10.1. The van der Waals surface area contributed by atoms with Crippen LogP contribution in [0.5, 0.6) is 0 Å². The van der Waals surface area contributed by atoms with E-state index in [1.165, 1.54) is 0 Å². The fourth-order valence-corrected chi connectivity index (χ4v) is 1.57. The van der Waals surface area contributed by atoms with Gasteiger partial charge in [0.25, 0.3) is 0 Å². The monoisotopic (exact) mass is 206 g/mol. The lowest BCUT2D eigenvalue weighted by Gasteiger charge is -2.11. The van der Waals surface area contributed by atoms with Gasteiger partial charge in [0.2, 0.25) is 6.29 Å². The van der Waals surface area contributed by atoms with Crippen molar-refractivity contribution in [1.29, 1.82) is 0 Å². The molecule has 0 amide bonds. The summed E-state index contributed by atoms with van der Waals surface area (Å²) in [5.74, 6) is -0.285. The van der Waals surface area contributed by atoms with Gasteiger partial charge in [0.1, 0.15) is 0 Å². The maximum atomic E-state index is 11.4. The number of rotatable bonds is 4. The summed E-state index contributed by atoms with van der Waals surface area (Å²) in [6.45, 7) is 2.72. The van der Waals surface area contributed by atoms with Crippen LogP contribution >= 0.6 is 0 Å². The third-order valence-corrected chi connectivity index (χ3v) is 2.42. The zero-order valence-electron chi connectivity index (χ0n) is 8.73. The van der Waals surface area contributed by atoms with Crippen LogP contribution < -0.4 is 0 Å². The molecule has 1 unspecified atom stereocenters. The second-order valence-corrected chi connectivity index (χ2v) is 3.55. The number of benzene rings is 1. The van der Waals surface area contributed by atoms with Gasteiger partial charge in [0, 0.05) is 5.56 Å². The van der Waals surface area contributed by atoms with E-state index in [0.717, 1.165) is 18.4 Å². The second-order valence-electron chi connectivity index (χ2n) is 3.55. The average Bonchev–Trinajstić information content (AvgIpc) is 2.58. The Balaban J connectivity index is 2.08. The summed E-state index contributed by atoms with van der Waals surface area (Å²) in [4.78, 5) is 11.4. The predicted molar refractivity (Wildman–Crippen MR) is 55.5 cm³/mol. The molecule has 3 heteroatoms. The van der Waals surface area contributed by atoms with E-state index in [1.807, 2.05) is 18.2 Å². The van der Waals surface area contributed by atoms with E-state index in [2.05, 4.69) is 6.92 Å². The van der Waals surface area contributed by atoms with Crippen molar-refractivity contribution in [3.63, 3.8) is 0 Å². The summed E-state index contributed by atoms with van der Waals surface area (Å²) in [5, 5.41) is 0. The van der Waals surface area contributed by atoms with Gasteiger partial charge in [-0.15, -0.1) is 0 Å². The Bertz CT molecular complexity index is 360. The topological polar surface area (TPSA) is 35.5 Å². The zero-order valence-corrected chi connectivity index (χ0v) is 8.73. The maximum Gasteiger partial charge on any atom is 0.341 e. The molecule has 0 aliphatic carbocycles. The molecule has 0 bridgehead atoms. The van der Waals surface area contributed by atoms with Gasteiger partial charge >= 0.3 is 5.97 Å². The smallest absolute Gasteiger partial charge is 0.341 e. The molecule has 1 atom stereocenters. The standard InChI is InChI=1S/C12H14O3/c1-2-3-8-14-12-10-7-5-4-6-9(10)11(13)15-12/h4-7,12H,2-3,8H2,1H3. The maximum absolute atomic E-state index is 11.4. The summed E-state index contributed by atoms with van der Waals surface area (Å²) >= 11 is 0. The highest BCUT2D eigenvalue weighted by Crippen LogP contribution is 2.31. The molecule has 0 spiro atoms. The SMILES string of the molecule is CCCCOC1OC(=O)c2ccccc21. The Labute approximate surface area is 89.0 Å². The highest BCUT2D eigenvalue weighted by molar-refractivity contribution is 5.93. The van der Waals surface area contributed by atoms with E-state index in [4.69, 9.17) is 9.47 Å². The number of cyclic esters (lactones) is 1. The summed E-state index contributed by atoms with van der Waals surface area (Å²) in [5.41, 5.74) is 1.47. The van der Waals surface area contributed by atoms with Crippen molar-refractivity contribution in [2.75, 3.05) is 6.61 Å². The van der Waals surface area contributed by atoms with Gasteiger partial charge in [-0.1, -0.05) is 31.5 Å². The van der Waals surface area contributed by atoms with Crippen molar-refractivity contribution in [1.82, 2.24) is 0 Å². The van der Waals surface area contributed by atoms with Crippen LogP contribution in [0.3, 0.4) is 0 Å². The molecular formula is C12H14O3. The molecule has 0 fully saturated rings. The molecule has 0 saturated carbocycles. The van der Waals surface area contributed by atoms with Gasteiger partial charge in [-0.2, -0.15) is 0 Å². The summed E-state index contributed by atoms with van der Waals surface area (Å²) in [7, 11) is 0. The Kier molecular flexibility index (Phi) is 3.02. The number of hydrogen-bond donors (Lipinski definition) is 0. The molecule has 3 nitrogen and oxygen atoms in total. The number of hydrogen-bond acceptors (Lipinski definition) is 3. The van der Waals surface area contributed by atoms with E-state index in [1.54, 1.807) is 6.07 Å². The van der Waals surface area contributed by atoms with Gasteiger partial charge in [0.15, 0.2) is 0 Å². The number of unbranched alkanes of at least 4 members (excludes halogenated alkanes) is 1. The van der Waals surface area contributed by atoms with Gasteiger partial charge in [-0.25, -0.2) is 4.79 Å². The molecule has 2 rings (SSSR count). The Morgan fingerprint density at radius 2 is 2.20 bits per heavy atom. The fourth-order valence-electron chi connectivity index (χ4n) is 1.57. The molecule has 1 heterocycles. The highest BCUT2D eigenvalue weighted by Gasteiger charge is 2.30. The van der Waals surface area contributed by atoms with Crippen molar-refractivity contribution >= 4 is 5.97 Å². The normalized spacial score (nSPS) is 18.7. The summed E-state index contributed by atoms with van der Waals surface area (Å²) in [6.07, 6.45) is 1.55. The minimum Gasteiger partial charge on any atom is -0.428 e. The van der Waals surface area contributed by atoms with Crippen LogP contribution in [0.25, 0.3) is 0 Å². The van der Waals surface area contributed by atoms with Crippen LogP contribution in [-0.4, -0.2) is 12.6 Å². The molecule has 15 heavy (non-hydrogen) atoms. The molecule has 1 aromatic carbocycles. The number of carbonyl (C=O) groups is 1. The third-order valence-electron chi connectivity index (χ3n) is 2.42. The van der Waals surface area contributed by atoms with E-state index in [9.17, 15) is 4.79 Å². The summed E-state index contributed by atoms with van der Waals surface area (Å²) in [6, 6.07) is 7.35. The summed E-state index contributed by atoms with van der Waals surface area (Å²) < 4.78 is 10.6. The van der Waals surface area contributed by atoms with Gasteiger partial charge in [-0.05, 0) is 12.5 Å². The number of esters is 1. The van der Waals surface area contributed by atoms with E-state index in [-0.39, 0.29) is 5.97 Å². The minimum absolute atomic E-state index is 0.285.